The van der Waals surface area contributed by atoms with Gasteiger partial charge in [-0.1, -0.05) is 13.8 Å². The van der Waals surface area contributed by atoms with Gasteiger partial charge in [0.15, 0.2) is 0 Å². The molecule has 118 valence electrons. The first-order valence-electron chi connectivity index (χ1n) is 8.40. The van der Waals surface area contributed by atoms with Gasteiger partial charge in [-0.05, 0) is 68.6 Å². The summed E-state index contributed by atoms with van der Waals surface area (Å²) in [6.07, 6.45) is 7.18. The molecule has 4 nitrogen and oxygen atoms in total. The maximum atomic E-state index is 12.8. The smallest absolute Gasteiger partial charge is 0.226 e. The highest BCUT2D eigenvalue weighted by Gasteiger charge is 2.54. The highest BCUT2D eigenvalue weighted by Crippen LogP contribution is 2.60. The number of aliphatic carboxylic acids is 1. The largest absolute Gasteiger partial charge is 0.548 e. The van der Waals surface area contributed by atoms with Crippen molar-refractivity contribution >= 4 is 11.9 Å². The van der Waals surface area contributed by atoms with Gasteiger partial charge in [0.1, 0.15) is 0 Å². The van der Waals surface area contributed by atoms with E-state index in [1.54, 1.807) is 0 Å². The van der Waals surface area contributed by atoms with Gasteiger partial charge in [0, 0.05) is 5.41 Å². The van der Waals surface area contributed by atoms with Gasteiger partial charge >= 0.3 is 0 Å². The summed E-state index contributed by atoms with van der Waals surface area (Å²) < 4.78 is 0. The van der Waals surface area contributed by atoms with Gasteiger partial charge in [-0.3, -0.25) is 4.79 Å². The van der Waals surface area contributed by atoms with Crippen LogP contribution in [0.15, 0.2) is 0 Å². The minimum absolute atomic E-state index is 0.0172. The standard InChI is InChI=1S/C17H27NO3/c1-10(2)3-14(15(19)20)18-16(21)17-7-11-4-12(8-17)6-13(5-11)9-17/h10-14H,3-9H2,1-2H3,(H,18,21)(H,19,20)/p-1/t11?,12?,13?,14-,17?/m0/s1. The normalized spacial score (nSPS) is 38.5. The van der Waals surface area contributed by atoms with Crippen LogP contribution >= 0.6 is 0 Å². The monoisotopic (exact) mass is 292 g/mol. The van der Waals surface area contributed by atoms with Crippen LogP contribution in [-0.2, 0) is 9.59 Å². The molecular weight excluding hydrogens is 266 g/mol. The Kier molecular flexibility index (Phi) is 3.74. The second-order valence-electron chi connectivity index (χ2n) is 8.17. The molecule has 0 radical (unpaired) electrons. The van der Waals surface area contributed by atoms with Gasteiger partial charge in [0.05, 0.1) is 12.0 Å². The lowest BCUT2D eigenvalue weighted by molar-refractivity contribution is -0.308. The van der Waals surface area contributed by atoms with Crippen molar-refractivity contribution in [1.82, 2.24) is 5.32 Å². The number of rotatable bonds is 5. The van der Waals surface area contributed by atoms with E-state index in [9.17, 15) is 14.7 Å². The van der Waals surface area contributed by atoms with E-state index in [1.165, 1.54) is 19.3 Å². The summed E-state index contributed by atoms with van der Waals surface area (Å²) in [4.78, 5) is 24.1. The molecule has 4 fully saturated rings. The highest BCUT2D eigenvalue weighted by atomic mass is 16.4. The minimum atomic E-state index is -1.15. The second-order valence-corrected chi connectivity index (χ2v) is 8.17. The van der Waals surface area contributed by atoms with Gasteiger partial charge in [0.2, 0.25) is 5.91 Å². The lowest BCUT2D eigenvalue weighted by Gasteiger charge is -2.55. The van der Waals surface area contributed by atoms with Crippen molar-refractivity contribution in [2.75, 3.05) is 0 Å². The maximum Gasteiger partial charge on any atom is 0.226 e. The van der Waals surface area contributed by atoms with E-state index in [2.05, 4.69) is 5.32 Å². The highest BCUT2D eigenvalue weighted by molar-refractivity contribution is 5.87. The summed E-state index contributed by atoms with van der Waals surface area (Å²) in [5.41, 5.74) is -0.278. The van der Waals surface area contributed by atoms with Gasteiger partial charge in [-0.2, -0.15) is 0 Å². The molecule has 4 aliphatic carbocycles. The molecule has 4 heteroatoms. The molecule has 0 unspecified atom stereocenters. The van der Waals surface area contributed by atoms with E-state index in [-0.39, 0.29) is 17.2 Å². The van der Waals surface area contributed by atoms with Crippen molar-refractivity contribution < 1.29 is 14.7 Å². The van der Waals surface area contributed by atoms with E-state index in [0.717, 1.165) is 19.3 Å². The lowest BCUT2D eigenvalue weighted by atomic mass is 9.49. The first kappa shape index (κ1) is 14.9. The number of carboxylic acid groups (broad SMARTS) is 1. The molecule has 0 aromatic carbocycles. The van der Waals surface area contributed by atoms with Gasteiger partial charge < -0.3 is 15.2 Å². The van der Waals surface area contributed by atoms with Gasteiger partial charge in [0.25, 0.3) is 0 Å². The van der Waals surface area contributed by atoms with E-state index in [4.69, 9.17) is 0 Å². The fraction of sp³-hybridized carbons (Fsp3) is 0.882. The van der Waals surface area contributed by atoms with Crippen molar-refractivity contribution in [3.05, 3.63) is 0 Å². The molecule has 4 aliphatic rings. The summed E-state index contributed by atoms with van der Waals surface area (Å²) in [6.45, 7) is 3.93. The van der Waals surface area contributed by atoms with Gasteiger partial charge in [-0.25, -0.2) is 0 Å². The number of carbonyl (C=O) groups excluding carboxylic acids is 2. The number of hydrogen-bond donors (Lipinski definition) is 1. The number of carboxylic acids is 1. The molecule has 0 spiro atoms. The summed E-state index contributed by atoms with van der Waals surface area (Å²) in [7, 11) is 0. The second kappa shape index (κ2) is 5.29. The zero-order valence-electron chi connectivity index (χ0n) is 13.1. The third-order valence-corrected chi connectivity index (χ3v) is 5.82. The zero-order chi connectivity index (χ0) is 15.2. The Balaban J connectivity index is 1.71. The average molecular weight is 292 g/mol. The van der Waals surface area contributed by atoms with Crippen LogP contribution < -0.4 is 10.4 Å². The third kappa shape index (κ3) is 2.82. The van der Waals surface area contributed by atoms with Crippen molar-refractivity contribution in [2.45, 2.75) is 64.8 Å². The van der Waals surface area contributed by atoms with Crippen LogP contribution in [0.3, 0.4) is 0 Å². The predicted molar refractivity (Wildman–Crippen MR) is 77.0 cm³/mol. The van der Waals surface area contributed by atoms with Crippen LogP contribution in [0.2, 0.25) is 0 Å². The Morgan fingerprint density at radius 1 is 1.10 bits per heavy atom. The molecular formula is C17H26NO3-. The van der Waals surface area contributed by atoms with Crippen LogP contribution in [0.1, 0.15) is 58.8 Å². The molecule has 4 bridgehead atoms. The van der Waals surface area contributed by atoms with Crippen LogP contribution in [0.4, 0.5) is 0 Å². The quantitative estimate of drug-likeness (QED) is 0.834. The van der Waals surface area contributed by atoms with Crippen molar-refractivity contribution in [3.63, 3.8) is 0 Å². The van der Waals surface area contributed by atoms with Crippen LogP contribution in [-0.4, -0.2) is 17.9 Å². The van der Waals surface area contributed by atoms with Crippen LogP contribution in [0.5, 0.6) is 0 Å². The Bertz CT molecular complexity index is 408. The first-order chi connectivity index (χ1) is 9.88. The van der Waals surface area contributed by atoms with Crippen molar-refractivity contribution in [2.24, 2.45) is 29.1 Å². The summed E-state index contributed by atoms with van der Waals surface area (Å²) in [5.74, 6) is 1.12. The predicted octanol–water partition coefficient (Wildman–Crippen LogP) is 1.48. The zero-order valence-corrected chi connectivity index (χ0v) is 13.1. The Hall–Kier alpha value is -1.06. The lowest BCUT2D eigenvalue weighted by Crippen LogP contribution is -2.58. The number of nitrogens with one attached hydrogen (secondary N) is 1. The molecule has 21 heavy (non-hydrogen) atoms. The molecule has 1 amide bonds. The molecule has 4 rings (SSSR count). The molecule has 1 N–H and O–H groups in total. The summed E-state index contributed by atoms with van der Waals surface area (Å²) >= 11 is 0. The van der Waals surface area contributed by atoms with Crippen LogP contribution in [0, 0.1) is 29.1 Å². The fourth-order valence-electron chi connectivity index (χ4n) is 5.39. The summed E-state index contributed by atoms with van der Waals surface area (Å²) in [5, 5.41) is 14.1. The van der Waals surface area contributed by atoms with Crippen molar-refractivity contribution in [1.29, 1.82) is 0 Å². The Morgan fingerprint density at radius 2 is 1.57 bits per heavy atom. The third-order valence-electron chi connectivity index (χ3n) is 5.82. The Morgan fingerprint density at radius 3 is 1.95 bits per heavy atom. The molecule has 0 saturated heterocycles. The topological polar surface area (TPSA) is 69.2 Å². The minimum Gasteiger partial charge on any atom is -0.548 e. The SMILES string of the molecule is CC(C)C[C@H](NC(=O)C12CC3CC(CC(C3)C1)C2)C(=O)[O-]. The molecule has 0 aliphatic heterocycles. The molecule has 0 heterocycles. The Labute approximate surface area is 126 Å². The number of carbonyl (C=O) groups is 2. The van der Waals surface area contributed by atoms with Crippen molar-refractivity contribution in [3.8, 4) is 0 Å². The fourth-order valence-corrected chi connectivity index (χ4v) is 5.39. The van der Waals surface area contributed by atoms with E-state index in [0.29, 0.717) is 24.2 Å². The number of amides is 1. The average Bonchev–Trinajstić information content (AvgIpc) is 2.35. The van der Waals surface area contributed by atoms with Crippen LogP contribution in [0.25, 0.3) is 0 Å². The molecule has 4 saturated carbocycles. The maximum absolute atomic E-state index is 12.8. The van der Waals surface area contributed by atoms with E-state index < -0.39 is 12.0 Å². The number of hydrogen-bond acceptors (Lipinski definition) is 3. The first-order valence-corrected chi connectivity index (χ1v) is 8.40. The van der Waals surface area contributed by atoms with E-state index >= 15 is 0 Å². The van der Waals surface area contributed by atoms with E-state index in [1.807, 2.05) is 13.8 Å². The molecule has 0 aromatic heterocycles. The summed E-state index contributed by atoms with van der Waals surface area (Å²) in [6, 6.07) is -0.842. The molecule has 1 atom stereocenters. The van der Waals surface area contributed by atoms with Gasteiger partial charge in [-0.15, -0.1) is 0 Å². The molecule has 0 aromatic rings.